The smallest absolute Gasteiger partial charge is 0.222 e. The molecule has 23 heavy (non-hydrogen) atoms. The van der Waals surface area contributed by atoms with Crippen molar-refractivity contribution >= 4 is 5.91 Å². The van der Waals surface area contributed by atoms with E-state index < -0.39 is 0 Å². The van der Waals surface area contributed by atoms with Crippen molar-refractivity contribution in [2.45, 2.75) is 32.4 Å². The molecule has 122 valence electrons. The van der Waals surface area contributed by atoms with E-state index in [4.69, 9.17) is 4.74 Å². The van der Waals surface area contributed by atoms with Gasteiger partial charge in [0, 0.05) is 37.5 Å². The van der Waals surface area contributed by atoms with Gasteiger partial charge in [-0.2, -0.15) is 5.10 Å². The molecule has 1 aliphatic rings. The number of hydrogen-bond acceptors (Lipinski definition) is 4. The summed E-state index contributed by atoms with van der Waals surface area (Å²) >= 11 is 0. The van der Waals surface area contributed by atoms with Crippen molar-refractivity contribution in [3.05, 3.63) is 48.0 Å². The second kappa shape index (κ2) is 7.37. The second-order valence-corrected chi connectivity index (χ2v) is 6.06. The number of amides is 1. The predicted molar refractivity (Wildman–Crippen MR) is 85.8 cm³/mol. The van der Waals surface area contributed by atoms with E-state index in [1.165, 1.54) is 5.56 Å². The van der Waals surface area contributed by atoms with Crippen LogP contribution in [0.15, 0.2) is 36.9 Å². The molecule has 0 bridgehead atoms. The van der Waals surface area contributed by atoms with E-state index in [0.29, 0.717) is 32.1 Å². The molecule has 6 nitrogen and oxygen atoms in total. The van der Waals surface area contributed by atoms with Gasteiger partial charge in [0.05, 0.1) is 25.5 Å². The van der Waals surface area contributed by atoms with Crippen LogP contribution in [0.1, 0.15) is 17.5 Å². The molecule has 6 heteroatoms. The van der Waals surface area contributed by atoms with Gasteiger partial charge in [0.1, 0.15) is 0 Å². The molecule has 0 aliphatic carbocycles. The molecule has 0 aromatic carbocycles. The molecule has 0 saturated carbocycles. The molecule has 1 saturated heterocycles. The Morgan fingerprint density at radius 3 is 2.96 bits per heavy atom. The Morgan fingerprint density at radius 2 is 2.22 bits per heavy atom. The molecule has 1 N–H and O–H groups in total. The Hall–Kier alpha value is -2.21. The van der Waals surface area contributed by atoms with Gasteiger partial charge in [-0.25, -0.2) is 0 Å². The molecular formula is C17H22N4O2. The van der Waals surface area contributed by atoms with Gasteiger partial charge >= 0.3 is 0 Å². The Kier molecular flexibility index (Phi) is 5.02. The zero-order valence-corrected chi connectivity index (χ0v) is 13.3. The van der Waals surface area contributed by atoms with E-state index in [9.17, 15) is 4.79 Å². The minimum absolute atomic E-state index is 0.0494. The van der Waals surface area contributed by atoms with E-state index in [1.807, 2.05) is 25.3 Å². The van der Waals surface area contributed by atoms with Crippen molar-refractivity contribution in [2.24, 2.45) is 5.92 Å². The SMILES string of the molecule is Cc1cnn(CCC(=O)N[C@@H]2COC[C@H]2Cc2ccncc2)c1. The Bertz CT molecular complexity index is 641. The van der Waals surface area contributed by atoms with E-state index >= 15 is 0 Å². The third-order valence-electron chi connectivity index (χ3n) is 4.12. The monoisotopic (exact) mass is 314 g/mol. The quantitative estimate of drug-likeness (QED) is 0.874. The summed E-state index contributed by atoms with van der Waals surface area (Å²) in [5.74, 6) is 0.363. The molecule has 1 aliphatic heterocycles. The Balaban J connectivity index is 1.48. The average molecular weight is 314 g/mol. The van der Waals surface area contributed by atoms with Gasteiger partial charge in [0.15, 0.2) is 0 Å². The van der Waals surface area contributed by atoms with Crippen LogP contribution in [0.5, 0.6) is 0 Å². The van der Waals surface area contributed by atoms with Crippen LogP contribution in [0.4, 0.5) is 0 Å². The second-order valence-electron chi connectivity index (χ2n) is 6.06. The number of aromatic nitrogens is 3. The maximum atomic E-state index is 12.2. The summed E-state index contributed by atoms with van der Waals surface area (Å²) in [5.41, 5.74) is 2.33. The van der Waals surface area contributed by atoms with Crippen molar-refractivity contribution in [3.63, 3.8) is 0 Å². The summed E-state index contributed by atoms with van der Waals surface area (Å²) in [7, 11) is 0. The molecule has 3 rings (SSSR count). The molecule has 3 heterocycles. The van der Waals surface area contributed by atoms with Crippen LogP contribution in [0.3, 0.4) is 0 Å². The summed E-state index contributed by atoms with van der Waals surface area (Å²) in [6, 6.07) is 4.10. The summed E-state index contributed by atoms with van der Waals surface area (Å²) in [6.45, 7) is 3.86. The van der Waals surface area contributed by atoms with Gasteiger partial charge < -0.3 is 10.1 Å². The summed E-state index contributed by atoms with van der Waals surface area (Å²) in [5, 5.41) is 7.30. The lowest BCUT2D eigenvalue weighted by Crippen LogP contribution is -2.40. The van der Waals surface area contributed by atoms with Crippen LogP contribution in [0.2, 0.25) is 0 Å². The molecular weight excluding hydrogens is 292 g/mol. The number of aryl methyl sites for hydroxylation is 2. The number of ether oxygens (including phenoxy) is 1. The van der Waals surface area contributed by atoms with Crippen molar-refractivity contribution in [1.82, 2.24) is 20.1 Å². The summed E-state index contributed by atoms with van der Waals surface area (Å²) in [6.07, 6.45) is 8.66. The van der Waals surface area contributed by atoms with Crippen LogP contribution in [-0.4, -0.2) is 39.9 Å². The first kappa shape index (κ1) is 15.7. The van der Waals surface area contributed by atoms with Crippen LogP contribution in [-0.2, 0) is 22.5 Å². The molecule has 2 aromatic heterocycles. The third-order valence-corrected chi connectivity index (χ3v) is 4.12. The molecule has 1 amide bonds. The minimum atomic E-state index is 0.0494. The van der Waals surface area contributed by atoms with Crippen molar-refractivity contribution < 1.29 is 9.53 Å². The van der Waals surface area contributed by atoms with Gasteiger partial charge in [-0.05, 0) is 36.6 Å². The van der Waals surface area contributed by atoms with Crippen LogP contribution < -0.4 is 5.32 Å². The number of carbonyl (C=O) groups is 1. The number of hydrogen-bond donors (Lipinski definition) is 1. The molecule has 0 spiro atoms. The first-order chi connectivity index (χ1) is 11.2. The van der Waals surface area contributed by atoms with Crippen molar-refractivity contribution in [1.29, 1.82) is 0 Å². The topological polar surface area (TPSA) is 69.0 Å². The molecule has 2 aromatic rings. The highest BCUT2D eigenvalue weighted by molar-refractivity contribution is 5.76. The maximum Gasteiger partial charge on any atom is 0.222 e. The highest BCUT2D eigenvalue weighted by Gasteiger charge is 2.29. The zero-order valence-electron chi connectivity index (χ0n) is 13.3. The summed E-state index contributed by atoms with van der Waals surface area (Å²) < 4.78 is 7.36. The Morgan fingerprint density at radius 1 is 1.39 bits per heavy atom. The van der Waals surface area contributed by atoms with E-state index in [2.05, 4.69) is 15.4 Å². The normalized spacial score (nSPS) is 20.6. The average Bonchev–Trinajstić information content (AvgIpc) is 3.16. The van der Waals surface area contributed by atoms with Crippen LogP contribution in [0.25, 0.3) is 0 Å². The van der Waals surface area contributed by atoms with Crippen LogP contribution >= 0.6 is 0 Å². The lowest BCUT2D eigenvalue weighted by Gasteiger charge is -2.19. The minimum Gasteiger partial charge on any atom is -0.379 e. The van der Waals surface area contributed by atoms with Crippen LogP contribution in [0, 0.1) is 12.8 Å². The standard InChI is InChI=1S/C17H22N4O2/c1-13-9-19-21(10-13)7-4-17(22)20-16-12-23-11-15(16)8-14-2-5-18-6-3-14/h2-3,5-6,9-10,15-16H,4,7-8,11-12H2,1H3,(H,20,22)/t15-,16-/m1/s1. The molecule has 0 radical (unpaired) electrons. The number of carbonyl (C=O) groups excluding carboxylic acids is 1. The van der Waals surface area contributed by atoms with Gasteiger partial charge in [-0.3, -0.25) is 14.5 Å². The third kappa shape index (κ3) is 4.39. The van der Waals surface area contributed by atoms with E-state index in [0.717, 1.165) is 12.0 Å². The highest BCUT2D eigenvalue weighted by Crippen LogP contribution is 2.19. The molecule has 2 atom stereocenters. The van der Waals surface area contributed by atoms with E-state index in [-0.39, 0.29) is 11.9 Å². The maximum absolute atomic E-state index is 12.2. The summed E-state index contributed by atoms with van der Waals surface area (Å²) in [4.78, 5) is 16.2. The largest absolute Gasteiger partial charge is 0.379 e. The van der Waals surface area contributed by atoms with Gasteiger partial charge in [-0.1, -0.05) is 0 Å². The van der Waals surface area contributed by atoms with Gasteiger partial charge in [0.2, 0.25) is 5.91 Å². The number of nitrogens with one attached hydrogen (secondary N) is 1. The first-order valence-electron chi connectivity index (χ1n) is 7.96. The molecule has 1 fully saturated rings. The fourth-order valence-corrected chi connectivity index (χ4v) is 2.87. The van der Waals surface area contributed by atoms with Gasteiger partial charge in [-0.15, -0.1) is 0 Å². The fraction of sp³-hybridized carbons (Fsp3) is 0.471. The number of pyridine rings is 1. The van der Waals surface area contributed by atoms with E-state index in [1.54, 1.807) is 23.3 Å². The molecule has 0 unspecified atom stereocenters. The lowest BCUT2D eigenvalue weighted by molar-refractivity contribution is -0.122. The predicted octanol–water partition coefficient (Wildman–Crippen LogP) is 1.35. The number of rotatable bonds is 6. The van der Waals surface area contributed by atoms with Crippen molar-refractivity contribution in [2.75, 3.05) is 13.2 Å². The van der Waals surface area contributed by atoms with Gasteiger partial charge in [0.25, 0.3) is 0 Å². The zero-order chi connectivity index (χ0) is 16.1. The lowest BCUT2D eigenvalue weighted by atomic mass is 9.95. The van der Waals surface area contributed by atoms with Crippen molar-refractivity contribution in [3.8, 4) is 0 Å². The highest BCUT2D eigenvalue weighted by atomic mass is 16.5. The first-order valence-corrected chi connectivity index (χ1v) is 7.96. The number of nitrogens with zero attached hydrogens (tertiary/aromatic N) is 3. The fourth-order valence-electron chi connectivity index (χ4n) is 2.87. The Labute approximate surface area is 135 Å².